The van der Waals surface area contributed by atoms with E-state index in [1.54, 1.807) is 48.5 Å². The van der Waals surface area contributed by atoms with Gasteiger partial charge in [0.25, 0.3) is 0 Å². The Kier molecular flexibility index (Phi) is 14.2. The van der Waals surface area contributed by atoms with Crippen molar-refractivity contribution in [3.63, 3.8) is 0 Å². The molecule has 0 N–H and O–H groups in total. The van der Waals surface area contributed by atoms with Crippen LogP contribution in [0.2, 0.25) is 0 Å². The summed E-state index contributed by atoms with van der Waals surface area (Å²) >= 11 is 0. The van der Waals surface area contributed by atoms with Gasteiger partial charge in [0.1, 0.15) is 0 Å². The first kappa shape index (κ1) is 58.0. The summed E-state index contributed by atoms with van der Waals surface area (Å²) in [4.78, 5) is 20.1. The molecule has 95 heavy (non-hydrogen) atoms. The third kappa shape index (κ3) is 10.2. The second-order valence-electron chi connectivity index (χ2n) is 23.0. The lowest BCUT2D eigenvalue weighted by Gasteiger charge is -2.23. The molecular formula is C81H46F8N6. The molecule has 16 aromatic rings. The number of alkyl halides is 3. The molecule has 6 heterocycles. The molecule has 0 fully saturated rings. The van der Waals surface area contributed by atoms with Gasteiger partial charge >= 0.3 is 6.18 Å². The smallest absolute Gasteiger partial charge is 0.309 e. The van der Waals surface area contributed by atoms with Gasteiger partial charge in [0, 0.05) is 71.6 Å². The van der Waals surface area contributed by atoms with Gasteiger partial charge in [-0.3, -0.25) is 0 Å². The van der Waals surface area contributed by atoms with Crippen molar-refractivity contribution in [2.45, 2.75) is 6.18 Å². The second-order valence-corrected chi connectivity index (χ2v) is 23.0. The van der Waals surface area contributed by atoms with E-state index in [0.29, 0.717) is 89.4 Å². The molecule has 14 heteroatoms. The predicted octanol–water partition coefficient (Wildman–Crippen LogP) is 22.2. The minimum atomic E-state index is -5.25. The molecule has 6 nitrogen and oxygen atoms in total. The van der Waals surface area contributed by atoms with Crippen LogP contribution in [0.1, 0.15) is 5.56 Å². The Bertz CT molecular complexity index is 5410. The van der Waals surface area contributed by atoms with Crippen molar-refractivity contribution in [1.82, 2.24) is 29.1 Å². The highest BCUT2D eigenvalue weighted by Gasteiger charge is 2.39. The molecule has 0 aliphatic rings. The van der Waals surface area contributed by atoms with Gasteiger partial charge in [0.15, 0.2) is 23.3 Å². The minimum absolute atomic E-state index is 0.208. The van der Waals surface area contributed by atoms with Crippen LogP contribution in [-0.4, -0.2) is 29.1 Å². The molecule has 6 aromatic heterocycles. The maximum Gasteiger partial charge on any atom is 0.418 e. The molecule has 0 radical (unpaired) electrons. The summed E-state index contributed by atoms with van der Waals surface area (Å²) in [6.45, 7) is 0. The van der Waals surface area contributed by atoms with Gasteiger partial charge in [0.05, 0.1) is 90.1 Å². The quantitative estimate of drug-likeness (QED) is 0.0735. The van der Waals surface area contributed by atoms with Crippen LogP contribution in [0, 0.1) is 29.1 Å². The third-order valence-electron chi connectivity index (χ3n) is 17.4. The number of pyridine rings is 4. The Balaban J connectivity index is 0.972. The van der Waals surface area contributed by atoms with E-state index < -0.39 is 63.3 Å². The first-order chi connectivity index (χ1) is 46.3. The zero-order valence-electron chi connectivity index (χ0n) is 49.8. The van der Waals surface area contributed by atoms with E-state index in [9.17, 15) is 0 Å². The largest absolute Gasteiger partial charge is 0.418 e. The maximum atomic E-state index is 17.1. The van der Waals surface area contributed by atoms with Crippen LogP contribution in [0.25, 0.3) is 156 Å². The summed E-state index contributed by atoms with van der Waals surface area (Å²) in [5.41, 5.74) is 6.89. The molecular weight excluding hydrogens is 1210 g/mol. The molecule has 456 valence electrons. The Morgan fingerprint density at radius 1 is 0.242 bits per heavy atom. The highest BCUT2D eigenvalue weighted by molar-refractivity contribution is 6.14. The van der Waals surface area contributed by atoms with E-state index in [0.717, 1.165) is 34.4 Å². The predicted molar refractivity (Wildman–Crippen MR) is 360 cm³/mol. The van der Waals surface area contributed by atoms with Gasteiger partial charge in [-0.15, -0.1) is 0 Å². The normalized spacial score (nSPS) is 11.8. The number of hydrogen-bond donors (Lipinski definition) is 0. The molecule has 0 aliphatic carbocycles. The van der Waals surface area contributed by atoms with Crippen LogP contribution in [0.5, 0.6) is 0 Å². The monoisotopic (exact) mass is 1250 g/mol. The average Bonchev–Trinajstić information content (AvgIpc) is 1.39. The molecule has 0 aliphatic heterocycles. The Labute approximate surface area is 537 Å². The van der Waals surface area contributed by atoms with Gasteiger partial charge in [-0.25, -0.2) is 41.9 Å². The molecule has 0 atom stereocenters. The van der Waals surface area contributed by atoms with Crippen molar-refractivity contribution in [2.75, 3.05) is 0 Å². The summed E-state index contributed by atoms with van der Waals surface area (Å²) in [7, 11) is 0. The summed E-state index contributed by atoms with van der Waals surface area (Å²) in [6, 6.07) is 82.8. The fraction of sp³-hybridized carbons (Fsp3) is 0.0123. The van der Waals surface area contributed by atoms with Gasteiger partial charge in [-0.2, -0.15) is 13.2 Å². The lowest BCUT2D eigenvalue weighted by molar-refractivity contribution is -0.137. The van der Waals surface area contributed by atoms with Crippen molar-refractivity contribution in [3.8, 4) is 113 Å². The number of halogens is 8. The fourth-order valence-electron chi connectivity index (χ4n) is 12.9. The molecule has 0 saturated carbocycles. The van der Waals surface area contributed by atoms with E-state index in [-0.39, 0.29) is 22.1 Å². The molecule has 0 unspecified atom stereocenters. The molecule has 16 rings (SSSR count). The Hall–Kier alpha value is -12.2. The number of nitrogens with zero attached hydrogens (tertiary/aromatic N) is 6. The van der Waals surface area contributed by atoms with E-state index in [2.05, 4.69) is 0 Å². The maximum absolute atomic E-state index is 17.1. The van der Waals surface area contributed by atoms with Crippen LogP contribution in [0.3, 0.4) is 0 Å². The molecule has 0 spiro atoms. The van der Waals surface area contributed by atoms with Crippen LogP contribution >= 0.6 is 0 Å². The molecule has 10 aromatic carbocycles. The molecule has 0 saturated heterocycles. The summed E-state index contributed by atoms with van der Waals surface area (Å²) in [5.74, 6) is -11.5. The average molecular weight is 1260 g/mol. The summed E-state index contributed by atoms with van der Waals surface area (Å²) in [5, 5.41) is 1.80. The van der Waals surface area contributed by atoms with E-state index in [1.807, 2.05) is 218 Å². The molecule has 0 bridgehead atoms. The Morgan fingerprint density at radius 3 is 0.789 bits per heavy atom. The topological polar surface area (TPSA) is 61.4 Å². The minimum Gasteiger partial charge on any atom is -0.309 e. The van der Waals surface area contributed by atoms with Gasteiger partial charge in [-0.05, 0) is 109 Å². The van der Waals surface area contributed by atoms with Crippen LogP contribution < -0.4 is 0 Å². The van der Waals surface area contributed by atoms with E-state index in [4.69, 9.17) is 19.9 Å². The van der Waals surface area contributed by atoms with Gasteiger partial charge in [-0.1, -0.05) is 170 Å². The first-order valence-corrected chi connectivity index (χ1v) is 30.4. The van der Waals surface area contributed by atoms with E-state index in [1.165, 1.54) is 9.13 Å². The van der Waals surface area contributed by atoms with Crippen molar-refractivity contribution in [2.24, 2.45) is 0 Å². The van der Waals surface area contributed by atoms with Gasteiger partial charge < -0.3 is 9.13 Å². The third-order valence-corrected chi connectivity index (χ3v) is 17.4. The second kappa shape index (κ2) is 23.2. The van der Waals surface area contributed by atoms with Crippen LogP contribution in [-0.2, 0) is 6.18 Å². The van der Waals surface area contributed by atoms with Crippen LogP contribution in [0.15, 0.2) is 279 Å². The first-order valence-electron chi connectivity index (χ1n) is 30.4. The van der Waals surface area contributed by atoms with Crippen molar-refractivity contribution in [1.29, 1.82) is 0 Å². The number of hydrogen-bond acceptors (Lipinski definition) is 4. The highest BCUT2D eigenvalue weighted by atomic mass is 19.4. The zero-order valence-corrected chi connectivity index (χ0v) is 49.8. The lowest BCUT2D eigenvalue weighted by atomic mass is 9.97. The van der Waals surface area contributed by atoms with Crippen molar-refractivity contribution in [3.05, 3.63) is 314 Å². The highest BCUT2D eigenvalue weighted by Crippen LogP contribution is 2.48. The summed E-state index contributed by atoms with van der Waals surface area (Å²) < 4.78 is 135. The Morgan fingerprint density at radius 2 is 0.505 bits per heavy atom. The number of benzene rings is 10. The number of rotatable bonds is 11. The van der Waals surface area contributed by atoms with Crippen LogP contribution in [0.4, 0.5) is 35.1 Å². The van der Waals surface area contributed by atoms with Gasteiger partial charge in [0.2, 0.25) is 5.82 Å². The lowest BCUT2D eigenvalue weighted by Crippen LogP contribution is -2.14. The molecule has 0 amide bonds. The fourth-order valence-corrected chi connectivity index (χ4v) is 12.9. The number of fused-ring (bicyclic) bond motifs is 6. The van der Waals surface area contributed by atoms with E-state index >= 15 is 35.1 Å². The zero-order chi connectivity index (χ0) is 64.6. The van der Waals surface area contributed by atoms with Crippen molar-refractivity contribution < 1.29 is 35.1 Å². The SMILES string of the molecule is Fc1c(F)c(F)c(-c2cc(-n3c4ccc(-c5cccc(-c6ccccc6)n5)cc4c4cc(-c5cccc(-c6ccccc6)n5)ccc43)c(C(F)(F)F)cc2-n2c3ccc(-c4cccc(-c5ccccc5)n4)cc3c3cc(-c4cccc(-c5ccccc5)n4)ccc32)c(F)c1F. The standard InChI is InChI=1S/C81H46F8N6/c82-76-75(77(83)79(85)80(86)78(76)84)59-45-74(95-71-39-35-53(67-31-15-27-63(92-67)49-21-9-3-10-22-49)43-57(71)58-44-54(36-40-72(58)95)68-32-16-28-64(93-68)50-23-11-4-12-24-50)60(81(87,88)89)46-73(59)94-69-37-33-51(65-29-13-25-61(90-65)47-17-5-1-6-18-47)41-55(69)56-42-52(34-38-70(56)94)66-30-14-26-62(91-66)48-19-7-2-8-20-48/h1-46H. The van der Waals surface area contributed by atoms with Crippen molar-refractivity contribution >= 4 is 43.6 Å². The number of aromatic nitrogens is 6. The summed E-state index contributed by atoms with van der Waals surface area (Å²) in [6.07, 6.45) is -5.25.